The first kappa shape index (κ1) is 17.9. The Morgan fingerprint density at radius 3 is 2.81 bits per heavy atom. The van der Waals surface area contributed by atoms with Gasteiger partial charge < -0.3 is 4.90 Å². The van der Waals surface area contributed by atoms with Crippen molar-refractivity contribution in [3.63, 3.8) is 0 Å². The third-order valence-corrected chi connectivity index (χ3v) is 5.52. The minimum atomic E-state index is -0.432. The molecule has 0 spiro atoms. The molecule has 0 unspecified atom stereocenters. The number of benzene rings is 1. The van der Waals surface area contributed by atoms with Gasteiger partial charge in [-0.3, -0.25) is 4.79 Å². The maximum Gasteiger partial charge on any atom is 0.227 e. The maximum atomic E-state index is 13.9. The normalized spacial score (nSPS) is 15.4. The molecule has 3 aromatic rings. The van der Waals surface area contributed by atoms with E-state index in [-0.39, 0.29) is 17.9 Å². The Kier molecular flexibility index (Phi) is 4.83. The predicted octanol–water partition coefficient (Wildman–Crippen LogP) is 3.78. The second-order valence-corrected chi connectivity index (χ2v) is 7.36. The number of carbonyl (C=O) groups excluding carboxylic acids is 1. The van der Waals surface area contributed by atoms with Crippen molar-refractivity contribution >= 4 is 23.2 Å². The first-order chi connectivity index (χ1) is 13.0. The molecule has 1 saturated heterocycles. The molecule has 0 radical (unpaired) electrons. The van der Waals surface area contributed by atoms with Crippen LogP contribution < -0.4 is 0 Å². The van der Waals surface area contributed by atoms with Gasteiger partial charge in [-0.15, -0.1) is 0 Å². The monoisotopic (exact) mass is 386 g/mol. The molecule has 2 aromatic heterocycles. The number of aryl methyl sites for hydroxylation is 1. The van der Waals surface area contributed by atoms with Crippen LogP contribution in [0.3, 0.4) is 0 Å². The lowest BCUT2D eigenvalue weighted by molar-refractivity contribution is -0.131. The summed E-state index contributed by atoms with van der Waals surface area (Å²) >= 11 is 6.05. The first-order valence-electron chi connectivity index (χ1n) is 9.05. The third kappa shape index (κ3) is 3.54. The number of amides is 1. The van der Waals surface area contributed by atoms with Crippen LogP contribution >= 0.6 is 11.6 Å². The van der Waals surface area contributed by atoms with Gasteiger partial charge in [0.05, 0.1) is 12.1 Å². The zero-order valence-corrected chi connectivity index (χ0v) is 15.8. The quantitative estimate of drug-likeness (QED) is 0.688. The second kappa shape index (κ2) is 7.27. The fourth-order valence-corrected chi connectivity index (χ4v) is 3.96. The summed E-state index contributed by atoms with van der Waals surface area (Å²) in [5, 5.41) is 4.83. The Bertz CT molecular complexity index is 975. The Morgan fingerprint density at radius 1 is 1.30 bits per heavy atom. The van der Waals surface area contributed by atoms with Crippen LogP contribution in [0.25, 0.3) is 5.65 Å². The Morgan fingerprint density at radius 2 is 2.07 bits per heavy atom. The molecule has 1 aliphatic rings. The summed E-state index contributed by atoms with van der Waals surface area (Å²) in [4.78, 5) is 18.8. The van der Waals surface area contributed by atoms with E-state index < -0.39 is 5.82 Å². The fourth-order valence-electron chi connectivity index (χ4n) is 3.73. The van der Waals surface area contributed by atoms with E-state index in [1.807, 2.05) is 29.8 Å². The van der Waals surface area contributed by atoms with E-state index in [0.717, 1.165) is 29.9 Å². The molecule has 1 aliphatic heterocycles. The van der Waals surface area contributed by atoms with Crippen LogP contribution in [-0.2, 0) is 11.2 Å². The van der Waals surface area contributed by atoms with Gasteiger partial charge in [-0.1, -0.05) is 17.7 Å². The standard InChI is InChI=1S/C20H20ClFN4O/c1-13-11-19-23-8-5-18(26(19)24-13)14-6-9-25(10-7-14)20(27)12-15-16(21)3-2-4-17(15)22/h2-5,8,11,14H,6-7,9-10,12H2,1H3. The lowest BCUT2D eigenvalue weighted by atomic mass is 9.93. The first-order valence-corrected chi connectivity index (χ1v) is 9.42. The van der Waals surface area contributed by atoms with Gasteiger partial charge in [0.25, 0.3) is 0 Å². The number of hydrogen-bond donors (Lipinski definition) is 0. The Hall–Kier alpha value is -2.47. The van der Waals surface area contributed by atoms with Crippen molar-refractivity contribution in [3.05, 3.63) is 64.3 Å². The Balaban J connectivity index is 1.45. The number of nitrogens with zero attached hydrogens (tertiary/aromatic N) is 4. The molecule has 140 valence electrons. The van der Waals surface area contributed by atoms with Crippen LogP contribution in [0, 0.1) is 12.7 Å². The average Bonchev–Trinajstić information content (AvgIpc) is 3.05. The van der Waals surface area contributed by atoms with Crippen molar-refractivity contribution in [1.29, 1.82) is 0 Å². The van der Waals surface area contributed by atoms with Crippen molar-refractivity contribution in [3.8, 4) is 0 Å². The van der Waals surface area contributed by atoms with E-state index in [9.17, 15) is 9.18 Å². The smallest absolute Gasteiger partial charge is 0.227 e. The average molecular weight is 387 g/mol. The van der Waals surface area contributed by atoms with Gasteiger partial charge in [0, 0.05) is 47.6 Å². The van der Waals surface area contributed by atoms with Crippen molar-refractivity contribution in [1.82, 2.24) is 19.5 Å². The molecule has 0 aliphatic carbocycles. The highest BCUT2D eigenvalue weighted by Crippen LogP contribution is 2.29. The van der Waals surface area contributed by atoms with Crippen molar-refractivity contribution in [2.24, 2.45) is 0 Å². The molecular formula is C20H20ClFN4O. The summed E-state index contributed by atoms with van der Waals surface area (Å²) in [7, 11) is 0. The molecule has 0 bridgehead atoms. The van der Waals surface area contributed by atoms with Crippen LogP contribution in [0.2, 0.25) is 5.02 Å². The van der Waals surface area contributed by atoms with E-state index in [4.69, 9.17) is 11.6 Å². The lowest BCUT2D eigenvalue weighted by Crippen LogP contribution is -2.39. The van der Waals surface area contributed by atoms with E-state index in [1.165, 1.54) is 6.07 Å². The molecule has 1 amide bonds. The highest BCUT2D eigenvalue weighted by Gasteiger charge is 2.26. The predicted molar refractivity (Wildman–Crippen MR) is 101 cm³/mol. The van der Waals surface area contributed by atoms with Gasteiger partial charge in [-0.05, 0) is 38.0 Å². The molecule has 1 aromatic carbocycles. The number of hydrogen-bond acceptors (Lipinski definition) is 3. The van der Waals surface area contributed by atoms with Gasteiger partial charge in [-0.2, -0.15) is 5.10 Å². The number of piperidine rings is 1. The van der Waals surface area contributed by atoms with Gasteiger partial charge in [0.1, 0.15) is 5.82 Å². The summed E-state index contributed by atoms with van der Waals surface area (Å²) in [5.74, 6) is -0.204. The van der Waals surface area contributed by atoms with Gasteiger partial charge >= 0.3 is 0 Å². The molecule has 0 saturated carbocycles. The minimum absolute atomic E-state index is 0.00593. The molecule has 3 heterocycles. The SMILES string of the molecule is Cc1cc2nccc(C3CCN(C(=O)Cc4c(F)cccc4Cl)CC3)n2n1. The van der Waals surface area contributed by atoms with Crippen LogP contribution in [-0.4, -0.2) is 38.5 Å². The topological polar surface area (TPSA) is 50.5 Å². The van der Waals surface area contributed by atoms with Crippen LogP contribution in [0.5, 0.6) is 0 Å². The van der Waals surface area contributed by atoms with Crippen LogP contribution in [0.1, 0.15) is 35.7 Å². The molecule has 4 rings (SSSR count). The largest absolute Gasteiger partial charge is 0.342 e. The van der Waals surface area contributed by atoms with Crippen molar-refractivity contribution < 1.29 is 9.18 Å². The summed E-state index contributed by atoms with van der Waals surface area (Å²) in [6, 6.07) is 8.45. The molecule has 27 heavy (non-hydrogen) atoms. The molecule has 0 atom stereocenters. The number of aromatic nitrogens is 3. The number of fused-ring (bicyclic) bond motifs is 1. The lowest BCUT2D eigenvalue weighted by Gasteiger charge is -2.32. The zero-order valence-electron chi connectivity index (χ0n) is 15.0. The molecule has 0 N–H and O–H groups in total. The number of halogens is 2. The van der Waals surface area contributed by atoms with Crippen molar-refractivity contribution in [2.75, 3.05) is 13.1 Å². The van der Waals surface area contributed by atoms with E-state index in [1.54, 1.807) is 17.0 Å². The van der Waals surface area contributed by atoms with E-state index >= 15 is 0 Å². The van der Waals surface area contributed by atoms with Crippen LogP contribution in [0.15, 0.2) is 36.5 Å². The summed E-state index contributed by atoms with van der Waals surface area (Å²) < 4.78 is 15.8. The summed E-state index contributed by atoms with van der Waals surface area (Å²) in [6.07, 6.45) is 3.49. The molecule has 7 heteroatoms. The van der Waals surface area contributed by atoms with Gasteiger partial charge in [0.2, 0.25) is 5.91 Å². The molecule has 5 nitrogen and oxygen atoms in total. The number of carbonyl (C=O) groups is 1. The fraction of sp³-hybridized carbons (Fsp3) is 0.350. The number of likely N-dealkylation sites (tertiary alicyclic amines) is 1. The summed E-state index contributed by atoms with van der Waals surface area (Å²) in [6.45, 7) is 3.23. The zero-order chi connectivity index (χ0) is 19.0. The highest BCUT2D eigenvalue weighted by atomic mass is 35.5. The third-order valence-electron chi connectivity index (χ3n) is 5.17. The Labute approximate surface area is 161 Å². The van der Waals surface area contributed by atoms with Crippen LogP contribution in [0.4, 0.5) is 4.39 Å². The molecule has 1 fully saturated rings. The highest BCUT2D eigenvalue weighted by molar-refractivity contribution is 6.31. The van der Waals surface area contributed by atoms with Crippen molar-refractivity contribution in [2.45, 2.75) is 32.1 Å². The second-order valence-electron chi connectivity index (χ2n) is 6.96. The minimum Gasteiger partial charge on any atom is -0.342 e. The number of rotatable bonds is 3. The van der Waals surface area contributed by atoms with E-state index in [0.29, 0.717) is 24.0 Å². The molecular weight excluding hydrogens is 367 g/mol. The summed E-state index contributed by atoms with van der Waals surface area (Å²) in [5.41, 5.74) is 3.17. The van der Waals surface area contributed by atoms with Gasteiger partial charge in [-0.25, -0.2) is 13.9 Å². The van der Waals surface area contributed by atoms with E-state index in [2.05, 4.69) is 10.1 Å². The van der Waals surface area contributed by atoms with Gasteiger partial charge in [0.15, 0.2) is 5.65 Å². The maximum absolute atomic E-state index is 13.9.